The Labute approximate surface area is 120 Å². The first-order valence-corrected chi connectivity index (χ1v) is 7.64. The minimum absolute atomic E-state index is 0.0423. The summed E-state index contributed by atoms with van der Waals surface area (Å²) in [5, 5.41) is 3.14. The van der Waals surface area contributed by atoms with Crippen LogP contribution >= 0.6 is 12.2 Å². The van der Waals surface area contributed by atoms with Gasteiger partial charge in [-0.3, -0.25) is 4.79 Å². The van der Waals surface area contributed by atoms with Gasteiger partial charge in [0.25, 0.3) is 0 Å². The highest BCUT2D eigenvalue weighted by atomic mass is 32.1. The van der Waals surface area contributed by atoms with E-state index in [1.165, 1.54) is 0 Å². The second-order valence-corrected chi connectivity index (χ2v) is 6.47. The quantitative estimate of drug-likeness (QED) is 0.775. The summed E-state index contributed by atoms with van der Waals surface area (Å²) < 4.78 is 5.38. The second kappa shape index (κ2) is 6.18. The van der Waals surface area contributed by atoms with Gasteiger partial charge in [-0.15, -0.1) is 0 Å². The molecule has 1 aliphatic carbocycles. The minimum atomic E-state index is -0.462. The number of amides is 1. The Kier molecular flexibility index (Phi) is 4.79. The number of carbonyl (C=O) groups excluding carboxylic acids is 1. The van der Waals surface area contributed by atoms with Crippen LogP contribution in [-0.4, -0.2) is 29.6 Å². The monoisotopic (exact) mass is 284 g/mol. The van der Waals surface area contributed by atoms with Crippen molar-refractivity contribution in [1.29, 1.82) is 0 Å². The van der Waals surface area contributed by atoms with Gasteiger partial charge in [0.2, 0.25) is 5.91 Å². The zero-order valence-electron chi connectivity index (χ0n) is 11.6. The molecule has 1 aliphatic heterocycles. The van der Waals surface area contributed by atoms with Crippen molar-refractivity contribution in [2.75, 3.05) is 13.2 Å². The van der Waals surface area contributed by atoms with Gasteiger partial charge in [0, 0.05) is 6.61 Å². The summed E-state index contributed by atoms with van der Waals surface area (Å²) in [4.78, 5) is 12.8. The third kappa shape index (κ3) is 3.45. The average Bonchev–Trinajstić information content (AvgIpc) is 2.42. The summed E-state index contributed by atoms with van der Waals surface area (Å²) in [7, 11) is 0. The number of hydrogen-bond acceptors (Lipinski definition) is 3. The molecule has 5 heteroatoms. The van der Waals surface area contributed by atoms with Crippen molar-refractivity contribution in [3.63, 3.8) is 0 Å². The van der Waals surface area contributed by atoms with E-state index in [2.05, 4.69) is 12.2 Å². The van der Waals surface area contributed by atoms with Crippen molar-refractivity contribution in [1.82, 2.24) is 5.32 Å². The summed E-state index contributed by atoms with van der Waals surface area (Å²) in [6.07, 6.45) is 5.72. The predicted molar refractivity (Wildman–Crippen MR) is 78.8 cm³/mol. The lowest BCUT2D eigenvalue weighted by atomic mass is 9.76. The molecule has 0 bridgehead atoms. The van der Waals surface area contributed by atoms with Gasteiger partial charge in [-0.1, -0.05) is 19.1 Å². The molecule has 108 valence electrons. The molecule has 0 aromatic rings. The van der Waals surface area contributed by atoms with Crippen LogP contribution in [0, 0.1) is 11.8 Å². The molecule has 2 rings (SSSR count). The number of rotatable bonds is 3. The zero-order chi connectivity index (χ0) is 13.9. The Morgan fingerprint density at radius 3 is 2.58 bits per heavy atom. The topological polar surface area (TPSA) is 64.3 Å². The zero-order valence-corrected chi connectivity index (χ0v) is 12.4. The maximum atomic E-state index is 12.4. The average molecular weight is 284 g/mol. The Bertz CT molecular complexity index is 345. The number of ether oxygens (including phenoxy) is 1. The smallest absolute Gasteiger partial charge is 0.226 e. The molecule has 0 aromatic heterocycles. The molecule has 0 spiro atoms. The maximum absolute atomic E-state index is 12.4. The van der Waals surface area contributed by atoms with Crippen molar-refractivity contribution in [2.45, 2.75) is 51.0 Å². The lowest BCUT2D eigenvalue weighted by molar-refractivity contribution is -0.130. The molecular weight excluding hydrogens is 260 g/mol. The van der Waals surface area contributed by atoms with Crippen LogP contribution in [0.2, 0.25) is 0 Å². The molecular formula is C14H24N2O2S. The number of hydrogen-bond donors (Lipinski definition) is 2. The van der Waals surface area contributed by atoms with Gasteiger partial charge in [-0.2, -0.15) is 0 Å². The van der Waals surface area contributed by atoms with Crippen LogP contribution < -0.4 is 11.1 Å². The van der Waals surface area contributed by atoms with Crippen LogP contribution in [0.25, 0.3) is 0 Å². The van der Waals surface area contributed by atoms with E-state index >= 15 is 0 Å². The molecule has 2 aliphatic rings. The maximum Gasteiger partial charge on any atom is 0.226 e. The largest absolute Gasteiger partial charge is 0.391 e. The molecule has 4 nitrogen and oxygen atoms in total. The molecule has 1 saturated carbocycles. The van der Waals surface area contributed by atoms with Gasteiger partial charge in [-0.25, -0.2) is 0 Å². The number of nitrogens with one attached hydrogen (secondary N) is 1. The molecule has 1 heterocycles. The van der Waals surface area contributed by atoms with Crippen molar-refractivity contribution in [2.24, 2.45) is 17.6 Å². The van der Waals surface area contributed by atoms with E-state index in [0.29, 0.717) is 17.5 Å². The van der Waals surface area contributed by atoms with Crippen LogP contribution in [0.1, 0.15) is 45.4 Å². The first-order valence-electron chi connectivity index (χ1n) is 7.23. The highest BCUT2D eigenvalue weighted by Crippen LogP contribution is 2.32. The van der Waals surface area contributed by atoms with Crippen LogP contribution in [0.4, 0.5) is 0 Å². The Hall–Kier alpha value is -0.680. The van der Waals surface area contributed by atoms with Crippen LogP contribution in [0.5, 0.6) is 0 Å². The fourth-order valence-electron chi connectivity index (χ4n) is 2.97. The minimum Gasteiger partial charge on any atom is -0.391 e. The molecule has 1 amide bonds. The normalized spacial score (nSPS) is 35.6. The van der Waals surface area contributed by atoms with Crippen molar-refractivity contribution in [3.8, 4) is 0 Å². The summed E-state index contributed by atoms with van der Waals surface area (Å²) >= 11 is 5.22. The Balaban J connectivity index is 2.00. The van der Waals surface area contributed by atoms with E-state index in [4.69, 9.17) is 22.7 Å². The molecule has 1 atom stereocenters. The standard InChI is InChI=1S/C14H24N2O2S/c1-10-4-6-14(7-5-10,13(15)19)16-12(17)11-3-2-8-18-9-11/h10-11H,2-9H2,1H3,(H2,15,19)(H,16,17). The van der Waals surface area contributed by atoms with Crippen molar-refractivity contribution in [3.05, 3.63) is 0 Å². The number of carbonyl (C=O) groups is 1. The van der Waals surface area contributed by atoms with Crippen LogP contribution in [-0.2, 0) is 9.53 Å². The third-order valence-corrected chi connectivity index (χ3v) is 4.88. The van der Waals surface area contributed by atoms with E-state index in [9.17, 15) is 4.79 Å². The fraction of sp³-hybridized carbons (Fsp3) is 0.857. The van der Waals surface area contributed by atoms with Gasteiger partial charge in [0.05, 0.1) is 23.1 Å². The van der Waals surface area contributed by atoms with Gasteiger partial charge in [-0.05, 0) is 44.4 Å². The van der Waals surface area contributed by atoms with E-state index in [-0.39, 0.29) is 11.8 Å². The summed E-state index contributed by atoms with van der Waals surface area (Å²) in [6, 6.07) is 0. The van der Waals surface area contributed by atoms with Crippen molar-refractivity contribution >= 4 is 23.1 Å². The van der Waals surface area contributed by atoms with Crippen LogP contribution in [0.15, 0.2) is 0 Å². The highest BCUT2D eigenvalue weighted by molar-refractivity contribution is 7.80. The second-order valence-electron chi connectivity index (χ2n) is 6.03. The lowest BCUT2D eigenvalue weighted by Gasteiger charge is -2.40. The lowest BCUT2D eigenvalue weighted by Crippen LogP contribution is -2.59. The van der Waals surface area contributed by atoms with Crippen LogP contribution in [0.3, 0.4) is 0 Å². The van der Waals surface area contributed by atoms with Gasteiger partial charge in [0.15, 0.2) is 0 Å². The predicted octanol–water partition coefficient (Wildman–Crippen LogP) is 1.76. The molecule has 0 radical (unpaired) electrons. The van der Waals surface area contributed by atoms with Gasteiger partial charge < -0.3 is 15.8 Å². The SMILES string of the molecule is CC1CCC(NC(=O)C2CCCOC2)(C(N)=S)CC1. The third-order valence-electron chi connectivity index (χ3n) is 4.49. The fourth-order valence-corrected chi connectivity index (χ4v) is 3.23. The summed E-state index contributed by atoms with van der Waals surface area (Å²) in [5.41, 5.74) is 5.45. The van der Waals surface area contributed by atoms with Gasteiger partial charge in [0.1, 0.15) is 0 Å². The first-order chi connectivity index (χ1) is 9.03. The Morgan fingerprint density at radius 2 is 2.05 bits per heavy atom. The first kappa shape index (κ1) is 14.7. The highest BCUT2D eigenvalue weighted by Gasteiger charge is 2.39. The molecule has 1 saturated heterocycles. The van der Waals surface area contributed by atoms with E-state index in [1.807, 2.05) is 0 Å². The Morgan fingerprint density at radius 1 is 1.37 bits per heavy atom. The molecule has 2 fully saturated rings. The van der Waals surface area contributed by atoms with Gasteiger partial charge >= 0.3 is 0 Å². The molecule has 19 heavy (non-hydrogen) atoms. The van der Waals surface area contributed by atoms with E-state index in [0.717, 1.165) is 45.1 Å². The molecule has 0 aromatic carbocycles. The molecule has 1 unspecified atom stereocenters. The number of thiocarbonyl (C=S) groups is 1. The summed E-state index contributed by atoms with van der Waals surface area (Å²) in [5.74, 6) is 0.707. The van der Waals surface area contributed by atoms with E-state index in [1.54, 1.807) is 0 Å². The summed E-state index contributed by atoms with van der Waals surface area (Å²) in [6.45, 7) is 3.53. The molecule has 3 N–H and O–H groups in total. The van der Waals surface area contributed by atoms with E-state index < -0.39 is 5.54 Å². The van der Waals surface area contributed by atoms with Crippen molar-refractivity contribution < 1.29 is 9.53 Å². The number of nitrogens with two attached hydrogens (primary N) is 1.